The largest absolute Gasteiger partial charge is 0.481 e. The maximum Gasteiger partial charge on any atom is 0.414 e. The van der Waals surface area contributed by atoms with Crippen LogP contribution in [-0.2, 0) is 16.1 Å². The number of carboxylic acid groups (broad SMARTS) is 1. The number of nitrogens with zero attached hydrogens (tertiary/aromatic N) is 2. The van der Waals surface area contributed by atoms with Crippen LogP contribution in [0.15, 0.2) is 89.5 Å². The first kappa shape index (κ1) is 24.8. The van der Waals surface area contributed by atoms with Crippen molar-refractivity contribution in [1.29, 1.82) is 0 Å². The van der Waals surface area contributed by atoms with Crippen LogP contribution in [0.25, 0.3) is 11.1 Å². The summed E-state index contributed by atoms with van der Waals surface area (Å²) in [5, 5.41) is 15.3. The van der Waals surface area contributed by atoms with E-state index >= 15 is 0 Å². The van der Waals surface area contributed by atoms with Gasteiger partial charge in [-0.25, -0.2) is 4.79 Å². The second kappa shape index (κ2) is 11.0. The molecular formula is C29H25N3O6. The molecule has 9 nitrogen and oxygen atoms in total. The number of nitrogens with one attached hydrogen (secondary N) is 1. The van der Waals surface area contributed by atoms with Gasteiger partial charge in [-0.05, 0) is 27.8 Å². The van der Waals surface area contributed by atoms with Gasteiger partial charge in [0.05, 0.1) is 6.42 Å². The minimum absolute atomic E-state index is 0.00887. The van der Waals surface area contributed by atoms with Gasteiger partial charge < -0.3 is 19.3 Å². The van der Waals surface area contributed by atoms with Crippen molar-refractivity contribution in [2.75, 3.05) is 18.5 Å². The third kappa shape index (κ3) is 5.41. The Labute approximate surface area is 218 Å². The van der Waals surface area contributed by atoms with Crippen LogP contribution in [0.1, 0.15) is 39.5 Å². The van der Waals surface area contributed by atoms with Crippen molar-refractivity contribution >= 4 is 23.9 Å². The fraction of sp³-hybridized carbons (Fsp3) is 0.172. The van der Waals surface area contributed by atoms with E-state index in [1.165, 1.54) is 11.0 Å². The summed E-state index contributed by atoms with van der Waals surface area (Å²) in [6, 6.07) is 26.6. The smallest absolute Gasteiger partial charge is 0.414 e. The molecule has 2 amide bonds. The minimum atomic E-state index is -1.02. The Balaban J connectivity index is 1.22. The maximum atomic E-state index is 13.1. The number of amides is 2. The molecule has 0 fully saturated rings. The van der Waals surface area contributed by atoms with Crippen LogP contribution in [0, 0.1) is 0 Å². The van der Waals surface area contributed by atoms with Crippen molar-refractivity contribution in [2.45, 2.75) is 18.9 Å². The first-order valence-electron chi connectivity index (χ1n) is 12.1. The van der Waals surface area contributed by atoms with E-state index in [2.05, 4.69) is 22.6 Å². The molecule has 1 aromatic heterocycles. The highest BCUT2D eigenvalue weighted by molar-refractivity contribution is 5.94. The first-order chi connectivity index (χ1) is 18.5. The molecule has 0 bridgehead atoms. The molecule has 0 atom stereocenters. The molecule has 0 aliphatic heterocycles. The molecule has 5 rings (SSSR count). The average molecular weight is 512 g/mol. The number of benzene rings is 3. The molecule has 0 saturated carbocycles. The monoisotopic (exact) mass is 511 g/mol. The lowest BCUT2D eigenvalue weighted by Crippen LogP contribution is -2.32. The van der Waals surface area contributed by atoms with Crippen molar-refractivity contribution in [1.82, 2.24) is 10.1 Å². The lowest BCUT2D eigenvalue weighted by Gasteiger charge is -2.20. The maximum absolute atomic E-state index is 13.1. The Bertz CT molecular complexity index is 1420. The van der Waals surface area contributed by atoms with Crippen molar-refractivity contribution < 1.29 is 28.8 Å². The molecule has 9 heteroatoms. The summed E-state index contributed by atoms with van der Waals surface area (Å²) in [6.45, 7) is 0.319. The van der Waals surface area contributed by atoms with Gasteiger partial charge in [-0.2, -0.15) is 0 Å². The average Bonchev–Trinajstić information content (AvgIpc) is 3.52. The zero-order valence-electron chi connectivity index (χ0n) is 20.4. The molecule has 0 radical (unpaired) electrons. The summed E-state index contributed by atoms with van der Waals surface area (Å²) >= 11 is 0. The molecule has 4 aromatic rings. The zero-order chi connectivity index (χ0) is 26.5. The highest BCUT2D eigenvalue weighted by Crippen LogP contribution is 2.44. The second-order valence-corrected chi connectivity index (χ2v) is 8.88. The van der Waals surface area contributed by atoms with Crippen LogP contribution < -0.4 is 5.32 Å². The van der Waals surface area contributed by atoms with E-state index in [0.717, 1.165) is 27.8 Å². The number of rotatable bonds is 9. The first-order valence-corrected chi connectivity index (χ1v) is 12.1. The van der Waals surface area contributed by atoms with Gasteiger partial charge in [-0.3, -0.25) is 14.9 Å². The van der Waals surface area contributed by atoms with Crippen LogP contribution >= 0.6 is 0 Å². The molecule has 1 heterocycles. The Kier molecular flexibility index (Phi) is 7.17. The van der Waals surface area contributed by atoms with Gasteiger partial charge in [0, 0.05) is 25.1 Å². The number of hydrogen-bond donors (Lipinski definition) is 2. The minimum Gasteiger partial charge on any atom is -0.481 e. The van der Waals surface area contributed by atoms with Gasteiger partial charge in [0.15, 0.2) is 5.69 Å². The van der Waals surface area contributed by atoms with Crippen molar-refractivity contribution in [3.8, 4) is 11.1 Å². The fourth-order valence-corrected chi connectivity index (χ4v) is 4.62. The van der Waals surface area contributed by atoms with Crippen LogP contribution in [0.2, 0.25) is 0 Å². The highest BCUT2D eigenvalue weighted by atomic mass is 16.6. The number of carbonyl (C=O) groups excluding carboxylic acids is 2. The molecule has 0 unspecified atom stereocenters. The van der Waals surface area contributed by atoms with Crippen molar-refractivity contribution in [2.24, 2.45) is 0 Å². The van der Waals surface area contributed by atoms with Crippen LogP contribution in [0.5, 0.6) is 0 Å². The number of aromatic nitrogens is 1. The standard InChI is InChI=1S/C29H25N3O6/c33-27(34)14-15-32(17-19-8-2-1-3-9-19)28(35)25-16-26(38-31-25)30-29(36)37-18-24-22-12-6-4-10-20(22)21-11-5-7-13-23(21)24/h1-13,16,24H,14-15,17-18H2,(H,30,36)(H,33,34). The van der Waals surface area contributed by atoms with Gasteiger partial charge in [-0.1, -0.05) is 84.0 Å². The third-order valence-corrected chi connectivity index (χ3v) is 6.40. The van der Waals surface area contributed by atoms with Crippen LogP contribution in [0.3, 0.4) is 0 Å². The molecule has 192 valence electrons. The summed E-state index contributed by atoms with van der Waals surface area (Å²) in [5.41, 5.74) is 5.21. The summed E-state index contributed by atoms with van der Waals surface area (Å²) in [7, 11) is 0. The number of fused-ring (bicyclic) bond motifs is 3. The number of anilines is 1. The van der Waals surface area contributed by atoms with Crippen LogP contribution in [-0.4, -0.2) is 46.3 Å². The van der Waals surface area contributed by atoms with E-state index in [1.54, 1.807) is 0 Å². The van der Waals surface area contributed by atoms with E-state index in [0.29, 0.717) is 0 Å². The topological polar surface area (TPSA) is 122 Å². The molecule has 2 N–H and O–H groups in total. The van der Waals surface area contributed by atoms with Crippen molar-refractivity contribution in [3.05, 3.63) is 107 Å². The summed E-state index contributed by atoms with van der Waals surface area (Å²) in [6.07, 6.45) is -0.963. The lowest BCUT2D eigenvalue weighted by atomic mass is 9.98. The van der Waals surface area contributed by atoms with E-state index in [1.807, 2.05) is 66.7 Å². The van der Waals surface area contributed by atoms with Crippen molar-refractivity contribution in [3.63, 3.8) is 0 Å². The molecule has 38 heavy (non-hydrogen) atoms. The van der Waals surface area contributed by atoms with E-state index in [-0.39, 0.29) is 43.6 Å². The number of aliphatic carboxylic acids is 1. The number of carboxylic acids is 1. The highest BCUT2D eigenvalue weighted by Gasteiger charge is 2.29. The quantitative estimate of drug-likeness (QED) is 0.319. The number of carbonyl (C=O) groups is 3. The summed E-state index contributed by atoms with van der Waals surface area (Å²) in [4.78, 5) is 38.1. The Hall–Kier alpha value is -4.92. The molecule has 1 aliphatic carbocycles. The van der Waals surface area contributed by atoms with E-state index in [9.17, 15) is 14.4 Å². The van der Waals surface area contributed by atoms with Crippen LogP contribution in [0.4, 0.5) is 10.7 Å². The predicted molar refractivity (Wildman–Crippen MR) is 139 cm³/mol. The molecule has 1 aliphatic rings. The lowest BCUT2D eigenvalue weighted by molar-refractivity contribution is -0.137. The van der Waals surface area contributed by atoms with Gasteiger partial charge >= 0.3 is 12.1 Å². The fourth-order valence-electron chi connectivity index (χ4n) is 4.62. The molecule has 0 saturated heterocycles. The van der Waals surface area contributed by atoms with Gasteiger partial charge in [0.1, 0.15) is 6.61 Å². The number of ether oxygens (including phenoxy) is 1. The zero-order valence-corrected chi connectivity index (χ0v) is 20.4. The summed E-state index contributed by atoms with van der Waals surface area (Å²) < 4.78 is 10.6. The molecular weight excluding hydrogens is 486 g/mol. The SMILES string of the molecule is O=C(O)CCN(Cc1ccccc1)C(=O)c1cc(NC(=O)OCC2c3ccccc3-c3ccccc32)on1. The predicted octanol–water partition coefficient (Wildman–Crippen LogP) is 5.15. The van der Waals surface area contributed by atoms with Gasteiger partial charge in [-0.15, -0.1) is 0 Å². The second-order valence-electron chi connectivity index (χ2n) is 8.88. The van der Waals surface area contributed by atoms with E-state index < -0.39 is 18.0 Å². The molecule has 0 spiro atoms. The third-order valence-electron chi connectivity index (χ3n) is 6.40. The Morgan fingerprint density at radius 1 is 0.921 bits per heavy atom. The Morgan fingerprint density at radius 2 is 1.55 bits per heavy atom. The Morgan fingerprint density at radius 3 is 2.21 bits per heavy atom. The van der Waals surface area contributed by atoms with Gasteiger partial charge in [0.2, 0.25) is 5.88 Å². The molecule has 3 aromatic carbocycles. The normalized spacial score (nSPS) is 11.9. The number of hydrogen-bond acceptors (Lipinski definition) is 6. The summed E-state index contributed by atoms with van der Waals surface area (Å²) in [5.74, 6) is -1.68. The van der Waals surface area contributed by atoms with Gasteiger partial charge in [0.25, 0.3) is 5.91 Å². The van der Waals surface area contributed by atoms with E-state index in [4.69, 9.17) is 14.4 Å².